The largest absolute Gasteiger partial charge is 0.307 e. The number of hydrogen-bond donors (Lipinski definition) is 1. The van der Waals surface area contributed by atoms with Gasteiger partial charge in [0.25, 0.3) is 0 Å². The van der Waals surface area contributed by atoms with Crippen LogP contribution >= 0.6 is 0 Å². The summed E-state index contributed by atoms with van der Waals surface area (Å²) in [5.41, 5.74) is 7.93. The molecule has 3 nitrogen and oxygen atoms in total. The Labute approximate surface area is 125 Å². The molecule has 1 aliphatic heterocycles. The molecule has 4 rings (SSSR count). The van der Waals surface area contributed by atoms with E-state index in [1.165, 1.54) is 46.5 Å². The van der Waals surface area contributed by atoms with E-state index in [4.69, 9.17) is 9.97 Å². The highest BCUT2D eigenvalue weighted by molar-refractivity contribution is 5.36. The third-order valence-corrected chi connectivity index (χ3v) is 4.66. The Morgan fingerprint density at radius 1 is 1.10 bits per heavy atom. The Balaban J connectivity index is 1.68. The van der Waals surface area contributed by atoms with E-state index in [1.54, 1.807) is 0 Å². The van der Waals surface area contributed by atoms with E-state index in [1.807, 2.05) is 0 Å². The fourth-order valence-electron chi connectivity index (χ4n) is 3.12. The average Bonchev–Trinajstić information content (AvgIpc) is 3.20. The van der Waals surface area contributed by atoms with Crippen LogP contribution in [0, 0.1) is 13.8 Å². The summed E-state index contributed by atoms with van der Waals surface area (Å²) in [6.45, 7) is 6.17. The Morgan fingerprint density at radius 2 is 1.95 bits per heavy atom. The normalized spacial score (nSPS) is 17.0. The van der Waals surface area contributed by atoms with Crippen molar-refractivity contribution in [3.8, 4) is 0 Å². The SMILES string of the molecule is Cc1ccc(Cc2nc3c(c(C4CC4)n2)CNC3)cc1C. The van der Waals surface area contributed by atoms with Gasteiger partial charge < -0.3 is 5.32 Å². The summed E-state index contributed by atoms with van der Waals surface area (Å²) in [4.78, 5) is 9.70. The number of rotatable bonds is 3. The van der Waals surface area contributed by atoms with Gasteiger partial charge in [0.1, 0.15) is 5.82 Å². The number of nitrogens with zero attached hydrogens (tertiary/aromatic N) is 2. The number of fused-ring (bicyclic) bond motifs is 1. The highest BCUT2D eigenvalue weighted by Gasteiger charge is 2.31. The topological polar surface area (TPSA) is 37.8 Å². The molecule has 0 unspecified atom stereocenters. The van der Waals surface area contributed by atoms with Gasteiger partial charge in [-0.2, -0.15) is 0 Å². The van der Waals surface area contributed by atoms with E-state index in [2.05, 4.69) is 37.4 Å². The van der Waals surface area contributed by atoms with Crippen LogP contribution in [0.4, 0.5) is 0 Å². The first-order chi connectivity index (χ1) is 10.2. The number of hydrogen-bond acceptors (Lipinski definition) is 3. The van der Waals surface area contributed by atoms with Gasteiger partial charge in [0.2, 0.25) is 0 Å². The van der Waals surface area contributed by atoms with Crippen LogP contribution in [-0.2, 0) is 19.5 Å². The summed E-state index contributed by atoms with van der Waals surface area (Å²) in [7, 11) is 0. The summed E-state index contributed by atoms with van der Waals surface area (Å²) < 4.78 is 0. The van der Waals surface area contributed by atoms with Gasteiger partial charge in [0, 0.05) is 31.0 Å². The molecule has 0 bridgehead atoms. The highest BCUT2D eigenvalue weighted by Crippen LogP contribution is 2.41. The Morgan fingerprint density at radius 3 is 2.71 bits per heavy atom. The first-order valence-electron chi connectivity index (χ1n) is 7.86. The molecule has 1 saturated carbocycles. The molecule has 2 heterocycles. The molecule has 0 amide bonds. The van der Waals surface area contributed by atoms with Crippen molar-refractivity contribution in [3.63, 3.8) is 0 Å². The van der Waals surface area contributed by atoms with Crippen molar-refractivity contribution in [1.82, 2.24) is 15.3 Å². The van der Waals surface area contributed by atoms with Crippen LogP contribution in [0.5, 0.6) is 0 Å². The minimum atomic E-state index is 0.695. The molecule has 0 saturated heterocycles. The van der Waals surface area contributed by atoms with Crippen LogP contribution in [0.15, 0.2) is 18.2 Å². The maximum Gasteiger partial charge on any atom is 0.133 e. The molecule has 1 fully saturated rings. The second-order valence-corrected chi connectivity index (χ2v) is 6.42. The van der Waals surface area contributed by atoms with Gasteiger partial charge in [-0.1, -0.05) is 18.2 Å². The van der Waals surface area contributed by atoms with Crippen molar-refractivity contribution in [2.75, 3.05) is 0 Å². The third-order valence-electron chi connectivity index (χ3n) is 4.66. The van der Waals surface area contributed by atoms with E-state index < -0.39 is 0 Å². The third kappa shape index (κ3) is 2.46. The summed E-state index contributed by atoms with van der Waals surface area (Å²) in [5, 5.41) is 3.42. The van der Waals surface area contributed by atoms with Gasteiger partial charge in [-0.3, -0.25) is 0 Å². The van der Waals surface area contributed by atoms with E-state index in [-0.39, 0.29) is 0 Å². The molecule has 21 heavy (non-hydrogen) atoms. The van der Waals surface area contributed by atoms with Gasteiger partial charge in [0.15, 0.2) is 0 Å². The number of aryl methyl sites for hydroxylation is 2. The van der Waals surface area contributed by atoms with Crippen LogP contribution in [0.25, 0.3) is 0 Å². The molecule has 1 N–H and O–H groups in total. The molecule has 1 aliphatic carbocycles. The molecule has 0 radical (unpaired) electrons. The second kappa shape index (κ2) is 4.92. The van der Waals surface area contributed by atoms with E-state index in [9.17, 15) is 0 Å². The van der Waals surface area contributed by atoms with Crippen molar-refractivity contribution in [1.29, 1.82) is 0 Å². The first kappa shape index (κ1) is 13.0. The minimum Gasteiger partial charge on any atom is -0.307 e. The predicted octanol–water partition coefficient (Wildman–Crippen LogP) is 3.16. The van der Waals surface area contributed by atoms with Gasteiger partial charge >= 0.3 is 0 Å². The van der Waals surface area contributed by atoms with Gasteiger partial charge in [-0.25, -0.2) is 9.97 Å². The Hall–Kier alpha value is -1.74. The molecule has 3 heteroatoms. The van der Waals surface area contributed by atoms with E-state index >= 15 is 0 Å². The smallest absolute Gasteiger partial charge is 0.133 e. The fraction of sp³-hybridized carbons (Fsp3) is 0.444. The van der Waals surface area contributed by atoms with Crippen molar-refractivity contribution in [2.45, 2.75) is 52.1 Å². The molecule has 108 valence electrons. The van der Waals surface area contributed by atoms with Crippen LogP contribution in [0.1, 0.15) is 58.2 Å². The molecule has 2 aromatic rings. The van der Waals surface area contributed by atoms with Gasteiger partial charge in [-0.15, -0.1) is 0 Å². The van der Waals surface area contributed by atoms with E-state index in [0.717, 1.165) is 25.3 Å². The van der Waals surface area contributed by atoms with Crippen LogP contribution in [0.2, 0.25) is 0 Å². The van der Waals surface area contributed by atoms with Crippen LogP contribution < -0.4 is 5.32 Å². The Kier molecular flexibility index (Phi) is 3.03. The number of benzene rings is 1. The maximum absolute atomic E-state index is 4.90. The van der Waals surface area contributed by atoms with Crippen molar-refractivity contribution in [3.05, 3.63) is 57.7 Å². The molecule has 0 atom stereocenters. The van der Waals surface area contributed by atoms with Crippen molar-refractivity contribution in [2.24, 2.45) is 0 Å². The quantitative estimate of drug-likeness (QED) is 0.938. The van der Waals surface area contributed by atoms with Crippen molar-refractivity contribution < 1.29 is 0 Å². The van der Waals surface area contributed by atoms with Gasteiger partial charge in [-0.05, 0) is 43.4 Å². The van der Waals surface area contributed by atoms with Gasteiger partial charge in [0.05, 0.1) is 11.4 Å². The molecule has 2 aliphatic rings. The first-order valence-corrected chi connectivity index (χ1v) is 7.86. The van der Waals surface area contributed by atoms with E-state index in [0.29, 0.717) is 5.92 Å². The predicted molar refractivity (Wildman–Crippen MR) is 83.3 cm³/mol. The zero-order valence-electron chi connectivity index (χ0n) is 12.7. The fourth-order valence-corrected chi connectivity index (χ4v) is 3.12. The van der Waals surface area contributed by atoms with Crippen LogP contribution in [-0.4, -0.2) is 9.97 Å². The highest BCUT2D eigenvalue weighted by atomic mass is 15.0. The molecule has 0 spiro atoms. The molecular weight excluding hydrogens is 258 g/mol. The zero-order chi connectivity index (χ0) is 14.4. The summed E-state index contributed by atoms with van der Waals surface area (Å²) in [6.07, 6.45) is 3.44. The average molecular weight is 279 g/mol. The molecule has 1 aromatic heterocycles. The monoisotopic (exact) mass is 279 g/mol. The summed E-state index contributed by atoms with van der Waals surface area (Å²) >= 11 is 0. The zero-order valence-corrected chi connectivity index (χ0v) is 12.7. The lowest BCUT2D eigenvalue weighted by Gasteiger charge is -2.10. The van der Waals surface area contributed by atoms with Crippen LogP contribution in [0.3, 0.4) is 0 Å². The Bertz CT molecular complexity index is 702. The second-order valence-electron chi connectivity index (χ2n) is 6.42. The summed E-state index contributed by atoms with van der Waals surface area (Å²) in [5.74, 6) is 1.68. The number of aromatic nitrogens is 2. The maximum atomic E-state index is 4.90. The molecular formula is C18H21N3. The lowest BCUT2D eigenvalue weighted by molar-refractivity contribution is 0.754. The number of nitrogens with one attached hydrogen (secondary N) is 1. The summed E-state index contributed by atoms with van der Waals surface area (Å²) in [6, 6.07) is 6.66. The minimum absolute atomic E-state index is 0.695. The molecule has 1 aromatic carbocycles. The standard InChI is InChI=1S/C18H21N3/c1-11-3-4-13(7-12(11)2)8-17-20-16-10-19-9-15(16)18(21-17)14-5-6-14/h3-4,7,14,19H,5-6,8-10H2,1-2H3. The lowest BCUT2D eigenvalue weighted by Crippen LogP contribution is -2.06. The van der Waals surface area contributed by atoms with Crippen molar-refractivity contribution >= 4 is 0 Å². The lowest BCUT2D eigenvalue weighted by atomic mass is 10.0.